The molecule has 1 fully saturated rings. The smallest absolute Gasteiger partial charge is 0.251 e. The van der Waals surface area contributed by atoms with Crippen molar-refractivity contribution in [3.63, 3.8) is 0 Å². The molecule has 0 aliphatic heterocycles. The average molecular weight is 342 g/mol. The minimum absolute atomic E-state index is 0.00419. The average Bonchev–Trinajstić information content (AvgIpc) is 3.37. The summed E-state index contributed by atoms with van der Waals surface area (Å²) in [5.41, 5.74) is 3.50. The van der Waals surface area contributed by atoms with Gasteiger partial charge in [0.25, 0.3) is 5.91 Å². The standard InChI is InChI=1S/C18H22N4OS/c23-17(14-6-5-12-3-1-2-4-13(12)11-14)19-10-9-16-20-21-18(24)22(16)15-7-8-15/h5-6,11,15H,1-4,7-10H2,(H,19,23)(H,21,24). The van der Waals surface area contributed by atoms with Gasteiger partial charge in [0, 0.05) is 24.6 Å². The number of aromatic amines is 1. The molecule has 6 heteroatoms. The highest BCUT2D eigenvalue weighted by atomic mass is 32.1. The molecule has 2 aromatic rings. The molecule has 24 heavy (non-hydrogen) atoms. The number of benzene rings is 1. The van der Waals surface area contributed by atoms with Gasteiger partial charge < -0.3 is 9.88 Å². The lowest BCUT2D eigenvalue weighted by Gasteiger charge is -2.16. The summed E-state index contributed by atoms with van der Waals surface area (Å²) < 4.78 is 2.79. The minimum atomic E-state index is -0.00419. The Morgan fingerprint density at radius 3 is 2.88 bits per heavy atom. The van der Waals surface area contributed by atoms with Crippen molar-refractivity contribution in [2.75, 3.05) is 6.54 Å². The molecule has 2 aliphatic carbocycles. The maximum atomic E-state index is 12.4. The van der Waals surface area contributed by atoms with Gasteiger partial charge in [-0.1, -0.05) is 6.07 Å². The van der Waals surface area contributed by atoms with Crippen LogP contribution in [0.15, 0.2) is 18.2 Å². The second-order valence-electron chi connectivity index (χ2n) is 6.74. The number of hydrogen-bond acceptors (Lipinski definition) is 3. The topological polar surface area (TPSA) is 62.7 Å². The first-order chi connectivity index (χ1) is 11.7. The Hall–Kier alpha value is -1.95. The SMILES string of the molecule is O=C(NCCc1n[nH]c(=S)n1C1CC1)c1ccc2c(c1)CCCC2. The number of rotatable bonds is 5. The molecule has 0 bridgehead atoms. The van der Waals surface area contributed by atoms with Gasteiger partial charge in [0.05, 0.1) is 0 Å². The van der Waals surface area contributed by atoms with Gasteiger partial charge in [-0.3, -0.25) is 9.89 Å². The summed E-state index contributed by atoms with van der Waals surface area (Å²) >= 11 is 5.28. The number of H-pyrrole nitrogens is 1. The molecule has 0 spiro atoms. The van der Waals surface area contributed by atoms with Crippen molar-refractivity contribution in [1.82, 2.24) is 20.1 Å². The number of nitrogens with zero attached hydrogens (tertiary/aromatic N) is 2. The quantitative estimate of drug-likeness (QED) is 0.821. The van der Waals surface area contributed by atoms with Gasteiger partial charge in [-0.2, -0.15) is 5.10 Å². The molecule has 0 saturated heterocycles. The highest BCUT2D eigenvalue weighted by Gasteiger charge is 2.27. The van der Waals surface area contributed by atoms with Gasteiger partial charge in [0.2, 0.25) is 0 Å². The van der Waals surface area contributed by atoms with E-state index in [4.69, 9.17) is 12.2 Å². The molecule has 1 aromatic heterocycles. The zero-order valence-corrected chi connectivity index (χ0v) is 14.5. The van der Waals surface area contributed by atoms with Crippen LogP contribution in [0.1, 0.15) is 59.0 Å². The predicted octanol–water partition coefficient (Wildman–Crippen LogP) is 3.13. The van der Waals surface area contributed by atoms with Crippen LogP contribution in [0.5, 0.6) is 0 Å². The van der Waals surface area contributed by atoms with E-state index in [-0.39, 0.29) is 5.91 Å². The molecule has 1 heterocycles. The van der Waals surface area contributed by atoms with E-state index in [1.807, 2.05) is 6.07 Å². The van der Waals surface area contributed by atoms with Crippen molar-refractivity contribution < 1.29 is 4.79 Å². The fourth-order valence-corrected chi connectivity index (χ4v) is 3.79. The number of carbonyl (C=O) groups excluding carboxylic acids is 1. The van der Waals surface area contributed by atoms with Crippen molar-refractivity contribution in [2.24, 2.45) is 0 Å². The van der Waals surface area contributed by atoms with E-state index in [0.717, 1.165) is 24.2 Å². The van der Waals surface area contributed by atoms with Gasteiger partial charge >= 0.3 is 0 Å². The lowest BCUT2D eigenvalue weighted by Crippen LogP contribution is -2.26. The van der Waals surface area contributed by atoms with Crippen molar-refractivity contribution in [1.29, 1.82) is 0 Å². The Labute approximate surface area is 146 Å². The second-order valence-corrected chi connectivity index (χ2v) is 7.13. The summed E-state index contributed by atoms with van der Waals surface area (Å²) in [4.78, 5) is 12.4. The maximum absolute atomic E-state index is 12.4. The van der Waals surface area contributed by atoms with Crippen LogP contribution in [-0.4, -0.2) is 27.2 Å². The molecule has 0 unspecified atom stereocenters. The first kappa shape index (κ1) is 15.6. The Bertz CT molecular complexity index is 819. The summed E-state index contributed by atoms with van der Waals surface area (Å²) in [6, 6.07) is 6.62. The highest BCUT2D eigenvalue weighted by molar-refractivity contribution is 7.71. The largest absolute Gasteiger partial charge is 0.352 e. The van der Waals surface area contributed by atoms with Crippen molar-refractivity contribution >= 4 is 18.1 Å². The lowest BCUT2D eigenvalue weighted by molar-refractivity contribution is 0.0953. The van der Waals surface area contributed by atoms with Crippen LogP contribution in [-0.2, 0) is 19.3 Å². The number of carbonyl (C=O) groups is 1. The first-order valence-electron chi connectivity index (χ1n) is 8.78. The van der Waals surface area contributed by atoms with E-state index in [0.29, 0.717) is 23.8 Å². The number of hydrogen-bond donors (Lipinski definition) is 2. The normalized spacial score (nSPS) is 16.7. The molecule has 2 N–H and O–H groups in total. The molecule has 4 rings (SSSR count). The summed E-state index contributed by atoms with van der Waals surface area (Å²) in [5.74, 6) is 0.934. The van der Waals surface area contributed by atoms with Crippen LogP contribution in [0, 0.1) is 4.77 Å². The van der Waals surface area contributed by atoms with Gasteiger partial charge in [-0.15, -0.1) is 0 Å². The Morgan fingerprint density at radius 1 is 1.29 bits per heavy atom. The van der Waals surface area contributed by atoms with Gasteiger partial charge in [0.15, 0.2) is 4.77 Å². The van der Waals surface area contributed by atoms with E-state index in [2.05, 4.69) is 32.2 Å². The zero-order chi connectivity index (χ0) is 16.5. The molecule has 1 amide bonds. The number of fused-ring (bicyclic) bond motifs is 1. The van der Waals surface area contributed by atoms with E-state index < -0.39 is 0 Å². The van der Waals surface area contributed by atoms with E-state index in [9.17, 15) is 4.79 Å². The van der Waals surface area contributed by atoms with E-state index in [1.54, 1.807) is 0 Å². The third-order valence-electron chi connectivity index (χ3n) is 4.93. The number of aryl methyl sites for hydroxylation is 2. The minimum Gasteiger partial charge on any atom is -0.352 e. The Morgan fingerprint density at radius 2 is 2.08 bits per heavy atom. The summed E-state index contributed by atoms with van der Waals surface area (Å²) in [7, 11) is 0. The van der Waals surface area contributed by atoms with Crippen LogP contribution in [0.3, 0.4) is 0 Å². The monoisotopic (exact) mass is 342 g/mol. The third kappa shape index (κ3) is 3.15. The first-order valence-corrected chi connectivity index (χ1v) is 9.19. The molecule has 126 valence electrons. The molecule has 1 aromatic carbocycles. The fourth-order valence-electron chi connectivity index (χ4n) is 3.49. The van der Waals surface area contributed by atoms with Crippen LogP contribution < -0.4 is 5.32 Å². The Kier molecular flexibility index (Phi) is 4.22. The third-order valence-corrected chi connectivity index (χ3v) is 5.22. The summed E-state index contributed by atoms with van der Waals surface area (Å²) in [5, 5.41) is 10.2. The van der Waals surface area contributed by atoms with Crippen LogP contribution in [0.25, 0.3) is 0 Å². The molecule has 5 nitrogen and oxygen atoms in total. The number of nitrogens with one attached hydrogen (secondary N) is 2. The van der Waals surface area contributed by atoms with E-state index in [1.165, 1.54) is 36.8 Å². The highest BCUT2D eigenvalue weighted by Crippen LogP contribution is 2.35. The molecule has 2 aliphatic rings. The predicted molar refractivity (Wildman–Crippen MR) is 94.8 cm³/mol. The molecular formula is C18H22N4OS. The van der Waals surface area contributed by atoms with Crippen molar-refractivity contribution in [3.05, 3.63) is 45.5 Å². The Balaban J connectivity index is 1.38. The van der Waals surface area contributed by atoms with E-state index >= 15 is 0 Å². The molecular weight excluding hydrogens is 320 g/mol. The summed E-state index contributed by atoms with van der Waals surface area (Å²) in [6.45, 7) is 0.572. The molecule has 1 saturated carbocycles. The van der Waals surface area contributed by atoms with Crippen molar-refractivity contribution in [2.45, 2.75) is 51.0 Å². The molecule has 0 atom stereocenters. The maximum Gasteiger partial charge on any atom is 0.251 e. The van der Waals surface area contributed by atoms with Crippen molar-refractivity contribution in [3.8, 4) is 0 Å². The van der Waals surface area contributed by atoms with Gasteiger partial charge in [-0.25, -0.2) is 0 Å². The van der Waals surface area contributed by atoms with Crippen LogP contribution >= 0.6 is 12.2 Å². The van der Waals surface area contributed by atoms with Crippen LogP contribution in [0.2, 0.25) is 0 Å². The number of amides is 1. The van der Waals surface area contributed by atoms with Gasteiger partial charge in [-0.05, 0) is 74.0 Å². The molecule has 0 radical (unpaired) electrons. The summed E-state index contributed by atoms with van der Waals surface area (Å²) in [6.07, 6.45) is 7.74. The second kappa shape index (κ2) is 6.51. The zero-order valence-electron chi connectivity index (χ0n) is 13.7. The van der Waals surface area contributed by atoms with Gasteiger partial charge in [0.1, 0.15) is 5.82 Å². The number of aromatic nitrogens is 3. The fraction of sp³-hybridized carbons (Fsp3) is 0.500. The lowest BCUT2D eigenvalue weighted by atomic mass is 9.90. The van der Waals surface area contributed by atoms with Crippen LogP contribution in [0.4, 0.5) is 0 Å².